The molecule has 0 spiro atoms. The number of nitrogens with one attached hydrogen (secondary N) is 3. The van der Waals surface area contributed by atoms with Gasteiger partial charge in [0.1, 0.15) is 11.4 Å². The number of ether oxygens (including phenoxy) is 2. The van der Waals surface area contributed by atoms with Gasteiger partial charge in [0.05, 0.1) is 18.8 Å². The monoisotopic (exact) mass is 463 g/mol. The van der Waals surface area contributed by atoms with Gasteiger partial charge >= 0.3 is 12.1 Å². The van der Waals surface area contributed by atoms with Crippen LogP contribution in [0, 0.1) is 0 Å². The minimum absolute atomic E-state index is 0.205. The topological polar surface area (TPSA) is 88.7 Å². The Balaban J connectivity index is 2.07. The van der Waals surface area contributed by atoms with E-state index in [1.807, 2.05) is 31.2 Å². The molecule has 0 saturated carbocycles. The maximum Gasteiger partial charge on any atom is 0.412 e. The van der Waals surface area contributed by atoms with E-state index in [-0.39, 0.29) is 12.1 Å². The number of halogens is 1. The van der Waals surface area contributed by atoms with E-state index < -0.39 is 11.7 Å². The molecule has 0 bridgehead atoms. The van der Waals surface area contributed by atoms with Crippen molar-refractivity contribution in [2.45, 2.75) is 39.3 Å². The van der Waals surface area contributed by atoms with Crippen LogP contribution in [0.4, 0.5) is 21.0 Å². The van der Waals surface area contributed by atoms with Crippen molar-refractivity contribution in [3.05, 3.63) is 52.5 Å². The Morgan fingerprint density at radius 3 is 2.38 bits per heavy atom. The molecule has 3 N–H and O–H groups in total. The second kappa shape index (κ2) is 9.65. The van der Waals surface area contributed by atoms with Crippen LogP contribution < -0.4 is 20.7 Å². The Hall–Kier alpha value is -2.74. The number of amides is 3. The zero-order valence-corrected chi connectivity index (χ0v) is 18.7. The first-order valence-electron chi connectivity index (χ1n) is 9.09. The third-order valence-corrected chi connectivity index (χ3v) is 4.53. The van der Waals surface area contributed by atoms with Gasteiger partial charge in [-0.15, -0.1) is 0 Å². The van der Waals surface area contributed by atoms with Gasteiger partial charge in [-0.2, -0.15) is 0 Å². The summed E-state index contributed by atoms with van der Waals surface area (Å²) < 4.78 is 11.5. The average molecular weight is 464 g/mol. The number of rotatable bonds is 5. The summed E-state index contributed by atoms with van der Waals surface area (Å²) in [7, 11) is 1.49. The van der Waals surface area contributed by atoms with Crippen molar-refractivity contribution in [1.82, 2.24) is 5.32 Å². The first-order chi connectivity index (χ1) is 13.6. The third kappa shape index (κ3) is 6.98. The van der Waals surface area contributed by atoms with E-state index in [9.17, 15) is 9.59 Å². The second-order valence-corrected chi connectivity index (χ2v) is 8.24. The lowest BCUT2D eigenvalue weighted by Gasteiger charge is -2.20. The lowest BCUT2D eigenvalue weighted by molar-refractivity contribution is 0.0635. The predicted molar refractivity (Wildman–Crippen MR) is 118 cm³/mol. The number of carbonyl (C=O) groups excluding carboxylic acids is 2. The molecule has 1 unspecified atom stereocenters. The molecular formula is C21H26BrN3O4. The van der Waals surface area contributed by atoms with E-state index in [1.165, 1.54) is 7.11 Å². The Morgan fingerprint density at radius 1 is 1.07 bits per heavy atom. The molecule has 0 fully saturated rings. The minimum atomic E-state index is -0.630. The molecular weight excluding hydrogens is 438 g/mol. The maximum atomic E-state index is 12.4. The largest absolute Gasteiger partial charge is 0.495 e. The van der Waals surface area contributed by atoms with Gasteiger partial charge in [0.15, 0.2) is 0 Å². The van der Waals surface area contributed by atoms with E-state index in [2.05, 4.69) is 31.9 Å². The van der Waals surface area contributed by atoms with E-state index in [0.29, 0.717) is 17.1 Å². The van der Waals surface area contributed by atoms with E-state index in [0.717, 1.165) is 10.0 Å². The zero-order chi connectivity index (χ0) is 21.6. The molecule has 0 aliphatic rings. The zero-order valence-electron chi connectivity index (χ0n) is 17.1. The van der Waals surface area contributed by atoms with Gasteiger partial charge in [-0.05, 0) is 57.5 Å². The van der Waals surface area contributed by atoms with Gasteiger partial charge in [0.2, 0.25) is 0 Å². The fourth-order valence-corrected chi connectivity index (χ4v) is 3.19. The molecule has 0 aromatic heterocycles. The molecule has 0 heterocycles. The van der Waals surface area contributed by atoms with Crippen molar-refractivity contribution in [3.8, 4) is 5.75 Å². The fourth-order valence-electron chi connectivity index (χ4n) is 2.56. The van der Waals surface area contributed by atoms with Crippen molar-refractivity contribution in [3.63, 3.8) is 0 Å². The van der Waals surface area contributed by atoms with Crippen LogP contribution in [-0.2, 0) is 4.74 Å². The molecule has 2 aromatic carbocycles. The summed E-state index contributed by atoms with van der Waals surface area (Å²) in [6.07, 6.45) is -0.611. The molecule has 3 amide bonds. The van der Waals surface area contributed by atoms with E-state index in [1.54, 1.807) is 39.0 Å². The molecule has 0 radical (unpaired) electrons. The van der Waals surface area contributed by atoms with Crippen LogP contribution in [-0.4, -0.2) is 24.8 Å². The lowest BCUT2D eigenvalue weighted by atomic mass is 10.1. The molecule has 29 heavy (non-hydrogen) atoms. The highest BCUT2D eigenvalue weighted by molar-refractivity contribution is 9.10. The summed E-state index contributed by atoms with van der Waals surface area (Å²) >= 11 is 3.48. The SMILES string of the molecule is COc1ccc(NC(=O)NC(C)c2ccccc2Br)cc1NC(=O)OC(C)(C)C. The summed E-state index contributed by atoms with van der Waals surface area (Å²) in [6.45, 7) is 7.22. The van der Waals surface area contributed by atoms with Crippen molar-refractivity contribution in [2.24, 2.45) is 0 Å². The van der Waals surface area contributed by atoms with Crippen LogP contribution in [0.15, 0.2) is 46.9 Å². The van der Waals surface area contributed by atoms with Crippen molar-refractivity contribution < 1.29 is 19.1 Å². The van der Waals surface area contributed by atoms with Gasteiger partial charge in [0.25, 0.3) is 0 Å². The van der Waals surface area contributed by atoms with Crippen LogP contribution in [0.1, 0.15) is 39.3 Å². The molecule has 2 rings (SSSR count). The highest BCUT2D eigenvalue weighted by Gasteiger charge is 2.18. The van der Waals surface area contributed by atoms with Crippen molar-refractivity contribution in [2.75, 3.05) is 17.7 Å². The molecule has 156 valence electrons. The first kappa shape index (κ1) is 22.5. The normalized spacial score (nSPS) is 11.9. The molecule has 0 saturated heterocycles. The average Bonchev–Trinajstić information content (AvgIpc) is 2.60. The van der Waals surface area contributed by atoms with Crippen molar-refractivity contribution >= 4 is 39.4 Å². The van der Waals surface area contributed by atoms with Gasteiger partial charge in [-0.1, -0.05) is 34.1 Å². The van der Waals surface area contributed by atoms with Crippen LogP contribution in [0.3, 0.4) is 0 Å². The highest BCUT2D eigenvalue weighted by atomic mass is 79.9. The minimum Gasteiger partial charge on any atom is -0.495 e. The molecule has 8 heteroatoms. The predicted octanol–water partition coefficient (Wildman–Crippen LogP) is 5.69. The third-order valence-electron chi connectivity index (χ3n) is 3.81. The molecule has 0 aliphatic heterocycles. The Bertz CT molecular complexity index is 880. The van der Waals surface area contributed by atoms with E-state index >= 15 is 0 Å². The Kier molecular flexibility index (Phi) is 7.50. The maximum absolute atomic E-state index is 12.4. The first-order valence-corrected chi connectivity index (χ1v) is 9.88. The quantitative estimate of drug-likeness (QED) is 0.531. The number of hydrogen-bond donors (Lipinski definition) is 3. The summed E-state index contributed by atoms with van der Waals surface area (Å²) in [6, 6.07) is 12.0. The van der Waals surface area contributed by atoms with Crippen molar-refractivity contribution in [1.29, 1.82) is 0 Å². The summed E-state index contributed by atoms with van der Waals surface area (Å²) in [4.78, 5) is 24.5. The Morgan fingerprint density at radius 2 is 1.76 bits per heavy atom. The smallest absolute Gasteiger partial charge is 0.412 e. The number of hydrogen-bond acceptors (Lipinski definition) is 4. The van der Waals surface area contributed by atoms with Gasteiger partial charge < -0.3 is 20.1 Å². The van der Waals surface area contributed by atoms with Crippen LogP contribution in [0.2, 0.25) is 0 Å². The molecule has 7 nitrogen and oxygen atoms in total. The highest BCUT2D eigenvalue weighted by Crippen LogP contribution is 2.29. The molecule has 1 atom stereocenters. The molecule has 0 aliphatic carbocycles. The van der Waals surface area contributed by atoms with Gasteiger partial charge in [-0.3, -0.25) is 5.32 Å². The molecule has 2 aromatic rings. The van der Waals surface area contributed by atoms with Crippen LogP contribution >= 0.6 is 15.9 Å². The van der Waals surface area contributed by atoms with Crippen LogP contribution in [0.5, 0.6) is 5.75 Å². The number of methoxy groups -OCH3 is 1. The summed E-state index contributed by atoms with van der Waals surface area (Å²) in [5.74, 6) is 0.448. The number of urea groups is 1. The summed E-state index contributed by atoms with van der Waals surface area (Å²) in [5.41, 5.74) is 1.21. The van der Waals surface area contributed by atoms with Crippen LogP contribution in [0.25, 0.3) is 0 Å². The van der Waals surface area contributed by atoms with E-state index in [4.69, 9.17) is 9.47 Å². The standard InChI is InChI=1S/C21H26BrN3O4/c1-13(15-8-6-7-9-16(15)22)23-19(26)24-14-10-11-18(28-5)17(12-14)25-20(27)29-21(2,3)4/h6-13H,1-5H3,(H,25,27)(H2,23,24,26). The fraction of sp³-hybridized carbons (Fsp3) is 0.333. The lowest BCUT2D eigenvalue weighted by Crippen LogP contribution is -2.31. The second-order valence-electron chi connectivity index (χ2n) is 7.38. The summed E-state index contributed by atoms with van der Waals surface area (Å²) in [5, 5.41) is 8.29. The number of anilines is 2. The number of carbonyl (C=O) groups is 2. The Labute approximate surface area is 179 Å². The van der Waals surface area contributed by atoms with Gasteiger partial charge in [-0.25, -0.2) is 9.59 Å². The van der Waals surface area contributed by atoms with Gasteiger partial charge in [0, 0.05) is 10.2 Å². The number of benzene rings is 2.